The van der Waals surface area contributed by atoms with Gasteiger partial charge in [0.05, 0.1) is 5.52 Å². The van der Waals surface area contributed by atoms with Crippen LogP contribution in [0.5, 0.6) is 0 Å². The molecule has 1 aromatic heterocycles. The van der Waals surface area contributed by atoms with Crippen molar-refractivity contribution in [1.82, 2.24) is 4.98 Å². The number of rotatable bonds is 1. The molecule has 1 aliphatic rings. The zero-order chi connectivity index (χ0) is 13.5. The summed E-state index contributed by atoms with van der Waals surface area (Å²) in [4.78, 5) is 4.48. The summed E-state index contributed by atoms with van der Waals surface area (Å²) in [7, 11) is 0. The van der Waals surface area contributed by atoms with Crippen molar-refractivity contribution in [3.05, 3.63) is 42.1 Å². The Kier molecular flexibility index (Phi) is 3.06. The summed E-state index contributed by atoms with van der Waals surface area (Å²) in [6.45, 7) is 4.44. The lowest BCUT2D eigenvalue weighted by atomic mass is 9.78. The van der Waals surface area contributed by atoms with Crippen molar-refractivity contribution < 1.29 is 5.11 Å². The normalized spacial score (nSPS) is 26.5. The SMILES string of the molecule is CC1(C)CSCC(O)(c2cnc3ccccc3c2)C1. The fourth-order valence-corrected chi connectivity index (χ4v) is 4.26. The standard InChI is InChI=1S/C16H19NOS/c1-15(2)9-16(18,11-19-10-15)13-7-12-5-3-4-6-14(12)17-8-13/h3-8,18H,9-11H2,1-2H3. The number of para-hydroxylation sites is 1. The second-order valence-corrected chi connectivity index (χ2v) is 7.27. The maximum atomic E-state index is 11.0. The minimum absolute atomic E-state index is 0.170. The molecule has 1 unspecified atom stereocenters. The molecular weight excluding hydrogens is 254 g/mol. The smallest absolute Gasteiger partial charge is 0.101 e. The summed E-state index contributed by atoms with van der Waals surface area (Å²) >= 11 is 1.83. The van der Waals surface area contributed by atoms with Crippen molar-refractivity contribution in [2.24, 2.45) is 5.41 Å². The largest absolute Gasteiger partial charge is 0.384 e. The minimum atomic E-state index is -0.747. The van der Waals surface area contributed by atoms with E-state index < -0.39 is 5.60 Å². The van der Waals surface area contributed by atoms with Crippen LogP contribution in [0.25, 0.3) is 10.9 Å². The molecule has 1 aliphatic heterocycles. The van der Waals surface area contributed by atoms with E-state index in [2.05, 4.69) is 31.0 Å². The third-order valence-corrected chi connectivity index (χ3v) is 5.40. The molecule has 1 fully saturated rings. The number of aromatic nitrogens is 1. The Bertz CT molecular complexity index is 610. The molecule has 0 aliphatic carbocycles. The first-order valence-corrected chi connectivity index (χ1v) is 7.80. The molecule has 1 N–H and O–H groups in total. The van der Waals surface area contributed by atoms with Crippen LogP contribution in [-0.4, -0.2) is 21.6 Å². The van der Waals surface area contributed by atoms with Gasteiger partial charge in [0.1, 0.15) is 5.60 Å². The Balaban J connectivity index is 2.03. The van der Waals surface area contributed by atoms with Crippen molar-refractivity contribution in [3.63, 3.8) is 0 Å². The lowest BCUT2D eigenvalue weighted by Crippen LogP contribution is -2.40. The number of thioether (sulfide) groups is 1. The average molecular weight is 273 g/mol. The van der Waals surface area contributed by atoms with E-state index in [1.807, 2.05) is 36.2 Å². The average Bonchev–Trinajstić information content (AvgIpc) is 2.36. The molecule has 2 aromatic rings. The fourth-order valence-electron chi connectivity index (χ4n) is 2.90. The van der Waals surface area contributed by atoms with Gasteiger partial charge in [-0.05, 0) is 29.7 Å². The van der Waals surface area contributed by atoms with Crippen LogP contribution in [-0.2, 0) is 5.60 Å². The second-order valence-electron chi connectivity index (χ2n) is 6.28. The molecule has 0 amide bonds. The van der Waals surface area contributed by atoms with Gasteiger partial charge in [-0.15, -0.1) is 0 Å². The van der Waals surface area contributed by atoms with Crippen LogP contribution in [0.1, 0.15) is 25.8 Å². The summed E-state index contributed by atoms with van der Waals surface area (Å²) in [6.07, 6.45) is 2.64. The number of nitrogens with zero attached hydrogens (tertiary/aromatic N) is 1. The quantitative estimate of drug-likeness (QED) is 0.862. The predicted octanol–water partition coefficient (Wildman–Crippen LogP) is 3.59. The number of aliphatic hydroxyl groups is 1. The van der Waals surface area contributed by atoms with Crippen molar-refractivity contribution >= 4 is 22.7 Å². The van der Waals surface area contributed by atoms with Crippen molar-refractivity contribution in [1.29, 1.82) is 0 Å². The van der Waals surface area contributed by atoms with E-state index in [1.54, 1.807) is 0 Å². The van der Waals surface area contributed by atoms with Gasteiger partial charge in [0.25, 0.3) is 0 Å². The van der Waals surface area contributed by atoms with Gasteiger partial charge in [-0.25, -0.2) is 0 Å². The zero-order valence-corrected chi connectivity index (χ0v) is 12.2. The Labute approximate surface area is 118 Å². The molecule has 0 saturated carbocycles. The van der Waals surface area contributed by atoms with Crippen LogP contribution < -0.4 is 0 Å². The molecular formula is C16H19NOS. The Hall–Kier alpha value is -1.06. The van der Waals surface area contributed by atoms with Gasteiger partial charge in [0.15, 0.2) is 0 Å². The molecule has 1 aromatic carbocycles. The number of benzene rings is 1. The Morgan fingerprint density at radius 1 is 1.21 bits per heavy atom. The summed E-state index contributed by atoms with van der Waals surface area (Å²) in [5.74, 6) is 1.87. The topological polar surface area (TPSA) is 33.1 Å². The highest BCUT2D eigenvalue weighted by atomic mass is 32.2. The zero-order valence-electron chi connectivity index (χ0n) is 11.4. The van der Waals surface area contributed by atoms with Gasteiger partial charge >= 0.3 is 0 Å². The molecule has 19 heavy (non-hydrogen) atoms. The second kappa shape index (κ2) is 4.50. The Morgan fingerprint density at radius 3 is 2.79 bits per heavy atom. The van der Waals surface area contributed by atoms with Crippen LogP contribution >= 0.6 is 11.8 Å². The molecule has 100 valence electrons. The molecule has 3 rings (SSSR count). The first kappa shape index (κ1) is 12.9. The van der Waals surface area contributed by atoms with Crippen molar-refractivity contribution in [2.45, 2.75) is 25.9 Å². The van der Waals surface area contributed by atoms with Crippen LogP contribution in [0.2, 0.25) is 0 Å². The van der Waals surface area contributed by atoms with E-state index in [9.17, 15) is 5.11 Å². The van der Waals surface area contributed by atoms with Crippen LogP contribution in [0.3, 0.4) is 0 Å². The van der Waals surface area contributed by atoms with Gasteiger partial charge in [-0.2, -0.15) is 11.8 Å². The predicted molar refractivity (Wildman–Crippen MR) is 81.4 cm³/mol. The molecule has 0 spiro atoms. The molecule has 0 radical (unpaired) electrons. The monoisotopic (exact) mass is 273 g/mol. The molecule has 1 atom stereocenters. The van der Waals surface area contributed by atoms with Crippen LogP contribution in [0.15, 0.2) is 36.5 Å². The van der Waals surface area contributed by atoms with Crippen molar-refractivity contribution in [3.8, 4) is 0 Å². The van der Waals surface area contributed by atoms with E-state index >= 15 is 0 Å². The third kappa shape index (κ3) is 2.49. The maximum Gasteiger partial charge on any atom is 0.101 e. The minimum Gasteiger partial charge on any atom is -0.384 e. The summed E-state index contributed by atoms with van der Waals surface area (Å²) < 4.78 is 0. The first-order chi connectivity index (χ1) is 8.99. The van der Waals surface area contributed by atoms with Crippen LogP contribution in [0, 0.1) is 5.41 Å². The lowest BCUT2D eigenvalue weighted by molar-refractivity contribution is 0.0155. The van der Waals surface area contributed by atoms with E-state index in [4.69, 9.17) is 0 Å². The van der Waals surface area contributed by atoms with E-state index in [-0.39, 0.29) is 5.41 Å². The lowest BCUT2D eigenvalue weighted by Gasteiger charge is -2.41. The van der Waals surface area contributed by atoms with E-state index in [0.29, 0.717) is 0 Å². The molecule has 3 heteroatoms. The fraction of sp³-hybridized carbons (Fsp3) is 0.438. The molecule has 2 heterocycles. The van der Waals surface area contributed by atoms with Crippen LogP contribution in [0.4, 0.5) is 0 Å². The van der Waals surface area contributed by atoms with Gasteiger partial charge in [0.2, 0.25) is 0 Å². The van der Waals surface area contributed by atoms with Gasteiger partial charge in [0, 0.05) is 22.9 Å². The molecule has 0 bridgehead atoms. The first-order valence-electron chi connectivity index (χ1n) is 6.64. The third-order valence-electron chi connectivity index (χ3n) is 3.73. The van der Waals surface area contributed by atoms with Crippen molar-refractivity contribution in [2.75, 3.05) is 11.5 Å². The summed E-state index contributed by atoms with van der Waals surface area (Å²) in [5, 5.41) is 12.1. The molecule has 1 saturated heterocycles. The summed E-state index contributed by atoms with van der Waals surface area (Å²) in [5.41, 5.74) is 1.36. The van der Waals surface area contributed by atoms with Gasteiger partial charge in [-0.3, -0.25) is 4.98 Å². The maximum absolute atomic E-state index is 11.0. The number of pyridine rings is 1. The Morgan fingerprint density at radius 2 is 2.00 bits per heavy atom. The van der Waals surface area contributed by atoms with Gasteiger partial charge < -0.3 is 5.11 Å². The number of hydrogen-bond acceptors (Lipinski definition) is 3. The highest BCUT2D eigenvalue weighted by Crippen LogP contribution is 2.44. The number of hydrogen-bond donors (Lipinski definition) is 1. The van der Waals surface area contributed by atoms with Gasteiger partial charge in [-0.1, -0.05) is 32.0 Å². The number of fused-ring (bicyclic) bond motifs is 1. The molecule has 2 nitrogen and oxygen atoms in total. The van der Waals surface area contributed by atoms with E-state index in [0.717, 1.165) is 34.4 Å². The van der Waals surface area contributed by atoms with E-state index in [1.165, 1.54) is 0 Å². The highest BCUT2D eigenvalue weighted by molar-refractivity contribution is 7.99. The summed E-state index contributed by atoms with van der Waals surface area (Å²) in [6, 6.07) is 10.1. The highest BCUT2D eigenvalue weighted by Gasteiger charge is 2.40.